The summed E-state index contributed by atoms with van der Waals surface area (Å²) in [5.41, 5.74) is 1.29. The van der Waals surface area contributed by atoms with Gasteiger partial charge in [0.15, 0.2) is 0 Å². The molecule has 0 radical (unpaired) electrons. The van der Waals surface area contributed by atoms with Crippen molar-refractivity contribution in [3.63, 3.8) is 0 Å². The highest BCUT2D eigenvalue weighted by molar-refractivity contribution is 5.80. The zero-order valence-electron chi connectivity index (χ0n) is 16.9. The van der Waals surface area contributed by atoms with E-state index in [2.05, 4.69) is 45.2 Å². The summed E-state index contributed by atoms with van der Waals surface area (Å²) in [5.74, 6) is 1.55. The van der Waals surface area contributed by atoms with E-state index in [1.54, 1.807) is 0 Å². The number of amides is 1. The molecular formula is C23H30N4O2. The Balaban J connectivity index is 1.32. The minimum atomic E-state index is 0.129. The molecule has 1 aromatic heterocycles. The first-order valence-electron chi connectivity index (χ1n) is 10.9. The van der Waals surface area contributed by atoms with Gasteiger partial charge in [-0.2, -0.15) is 5.10 Å². The monoisotopic (exact) mass is 394 g/mol. The SMILES string of the molecule is O=C(C1CCOCC1)N1C[C@@H]2CN(CCn3cccn3)C[C@@H]2[C@H]1c1ccccc1. The summed E-state index contributed by atoms with van der Waals surface area (Å²) in [7, 11) is 0. The van der Waals surface area contributed by atoms with E-state index in [9.17, 15) is 4.79 Å². The van der Waals surface area contributed by atoms with Crippen LogP contribution in [0, 0.1) is 17.8 Å². The average molecular weight is 395 g/mol. The molecule has 0 unspecified atom stereocenters. The van der Waals surface area contributed by atoms with Crippen LogP contribution in [0.3, 0.4) is 0 Å². The predicted octanol–water partition coefficient (Wildman–Crippen LogP) is 2.44. The largest absolute Gasteiger partial charge is 0.381 e. The first kappa shape index (κ1) is 18.8. The molecule has 0 N–H and O–H groups in total. The first-order valence-corrected chi connectivity index (χ1v) is 10.9. The Kier molecular flexibility index (Phi) is 5.38. The minimum Gasteiger partial charge on any atom is -0.381 e. The molecule has 154 valence electrons. The molecule has 0 spiro atoms. The molecule has 5 rings (SSSR count). The minimum absolute atomic E-state index is 0.129. The summed E-state index contributed by atoms with van der Waals surface area (Å²) in [6, 6.07) is 12.8. The van der Waals surface area contributed by atoms with E-state index in [0.717, 1.165) is 45.6 Å². The Morgan fingerprint density at radius 1 is 1.03 bits per heavy atom. The quantitative estimate of drug-likeness (QED) is 0.782. The fourth-order valence-electron chi connectivity index (χ4n) is 5.48. The molecule has 1 aromatic carbocycles. The second kappa shape index (κ2) is 8.28. The number of aromatic nitrogens is 2. The molecule has 29 heavy (non-hydrogen) atoms. The maximum atomic E-state index is 13.4. The summed E-state index contributed by atoms with van der Waals surface area (Å²) in [6.07, 6.45) is 5.59. The van der Waals surface area contributed by atoms with E-state index in [1.165, 1.54) is 5.56 Å². The number of ether oxygens (including phenoxy) is 1. The van der Waals surface area contributed by atoms with Crippen molar-refractivity contribution in [2.75, 3.05) is 39.4 Å². The van der Waals surface area contributed by atoms with Crippen LogP contribution in [0.25, 0.3) is 0 Å². The zero-order chi connectivity index (χ0) is 19.6. The van der Waals surface area contributed by atoms with Crippen LogP contribution in [-0.4, -0.2) is 64.9 Å². The number of likely N-dealkylation sites (tertiary alicyclic amines) is 2. The van der Waals surface area contributed by atoms with Gasteiger partial charge < -0.3 is 14.5 Å². The van der Waals surface area contributed by atoms with Crippen molar-refractivity contribution in [1.29, 1.82) is 0 Å². The number of carbonyl (C=O) groups is 1. The van der Waals surface area contributed by atoms with Gasteiger partial charge >= 0.3 is 0 Å². The number of hydrogen-bond acceptors (Lipinski definition) is 4. The molecule has 6 heteroatoms. The van der Waals surface area contributed by atoms with E-state index >= 15 is 0 Å². The molecule has 0 aliphatic carbocycles. The van der Waals surface area contributed by atoms with Gasteiger partial charge in [-0.3, -0.25) is 9.48 Å². The lowest BCUT2D eigenvalue weighted by atomic mass is 9.89. The van der Waals surface area contributed by atoms with Crippen molar-refractivity contribution in [2.45, 2.75) is 25.4 Å². The Morgan fingerprint density at radius 2 is 1.86 bits per heavy atom. The van der Waals surface area contributed by atoms with Crippen LogP contribution in [0.5, 0.6) is 0 Å². The van der Waals surface area contributed by atoms with Crippen LogP contribution < -0.4 is 0 Å². The van der Waals surface area contributed by atoms with Gasteiger partial charge in [-0.15, -0.1) is 0 Å². The summed E-state index contributed by atoms with van der Waals surface area (Å²) >= 11 is 0. The summed E-state index contributed by atoms with van der Waals surface area (Å²) in [5, 5.41) is 4.33. The van der Waals surface area contributed by atoms with Gasteiger partial charge in [-0.25, -0.2) is 0 Å². The van der Waals surface area contributed by atoms with Crippen LogP contribution in [0.4, 0.5) is 0 Å². The fraction of sp³-hybridized carbons (Fsp3) is 0.565. The van der Waals surface area contributed by atoms with Crippen molar-refractivity contribution in [3.05, 3.63) is 54.4 Å². The Bertz CT molecular complexity index is 804. The highest BCUT2D eigenvalue weighted by atomic mass is 16.5. The molecule has 3 fully saturated rings. The van der Waals surface area contributed by atoms with Crippen LogP contribution in [0.1, 0.15) is 24.4 Å². The van der Waals surface area contributed by atoms with Gasteiger partial charge in [-0.05, 0) is 30.4 Å². The van der Waals surface area contributed by atoms with Crippen LogP contribution >= 0.6 is 0 Å². The molecule has 6 nitrogen and oxygen atoms in total. The van der Waals surface area contributed by atoms with Gasteiger partial charge in [0, 0.05) is 63.6 Å². The van der Waals surface area contributed by atoms with Crippen LogP contribution in [-0.2, 0) is 16.1 Å². The third kappa shape index (κ3) is 3.83. The van der Waals surface area contributed by atoms with Crippen LogP contribution in [0.2, 0.25) is 0 Å². The van der Waals surface area contributed by atoms with E-state index in [4.69, 9.17) is 4.74 Å². The Morgan fingerprint density at radius 3 is 2.62 bits per heavy atom. The number of nitrogens with zero attached hydrogens (tertiary/aromatic N) is 4. The van der Waals surface area contributed by atoms with Gasteiger partial charge in [0.25, 0.3) is 0 Å². The lowest BCUT2D eigenvalue weighted by molar-refractivity contribution is -0.140. The summed E-state index contributed by atoms with van der Waals surface area (Å²) < 4.78 is 7.49. The maximum absolute atomic E-state index is 13.4. The molecule has 3 atom stereocenters. The standard InChI is InChI=1S/C23H30N4O2/c28-23(19-7-13-29-14-8-19)27-16-20-15-25(11-12-26-10-4-9-24-26)17-21(20)22(27)18-5-2-1-3-6-18/h1-6,9-10,19-22H,7-8,11-17H2/t20-,21-,22+/m0/s1. The van der Waals surface area contributed by atoms with Crippen molar-refractivity contribution >= 4 is 5.91 Å². The Labute approximate surface area is 172 Å². The third-order valence-corrected chi connectivity index (χ3v) is 6.94. The maximum Gasteiger partial charge on any atom is 0.226 e. The number of hydrogen-bond donors (Lipinski definition) is 0. The number of carbonyl (C=O) groups excluding carboxylic acids is 1. The lowest BCUT2D eigenvalue weighted by Crippen LogP contribution is -2.41. The van der Waals surface area contributed by atoms with E-state index < -0.39 is 0 Å². The zero-order valence-corrected chi connectivity index (χ0v) is 16.9. The van der Waals surface area contributed by atoms with Crippen LogP contribution in [0.15, 0.2) is 48.8 Å². The fourth-order valence-corrected chi connectivity index (χ4v) is 5.48. The number of benzene rings is 1. The second-order valence-electron chi connectivity index (χ2n) is 8.69. The third-order valence-electron chi connectivity index (χ3n) is 6.94. The Hall–Kier alpha value is -2.18. The van der Waals surface area contributed by atoms with Crippen molar-refractivity contribution in [3.8, 4) is 0 Å². The molecule has 1 amide bonds. The van der Waals surface area contributed by atoms with E-state index in [1.807, 2.05) is 23.1 Å². The summed E-state index contributed by atoms with van der Waals surface area (Å²) in [6.45, 7) is 6.40. The smallest absolute Gasteiger partial charge is 0.226 e. The molecule has 3 saturated heterocycles. The van der Waals surface area contributed by atoms with Crippen molar-refractivity contribution in [2.24, 2.45) is 17.8 Å². The number of rotatable bonds is 5. The highest BCUT2D eigenvalue weighted by Crippen LogP contribution is 2.45. The number of fused-ring (bicyclic) bond motifs is 1. The molecular weight excluding hydrogens is 364 g/mol. The molecule has 2 aromatic rings. The van der Waals surface area contributed by atoms with Gasteiger partial charge in [0.1, 0.15) is 0 Å². The normalized spacial score (nSPS) is 28.0. The second-order valence-corrected chi connectivity index (χ2v) is 8.69. The highest BCUT2D eigenvalue weighted by Gasteiger charge is 2.49. The molecule has 0 bridgehead atoms. The molecule has 4 heterocycles. The predicted molar refractivity (Wildman–Crippen MR) is 110 cm³/mol. The van der Waals surface area contributed by atoms with E-state index in [0.29, 0.717) is 31.0 Å². The lowest BCUT2D eigenvalue weighted by Gasteiger charge is -2.33. The molecule has 0 saturated carbocycles. The van der Waals surface area contributed by atoms with E-state index in [-0.39, 0.29) is 12.0 Å². The average Bonchev–Trinajstić information content (AvgIpc) is 3.49. The molecule has 3 aliphatic heterocycles. The molecule has 3 aliphatic rings. The topological polar surface area (TPSA) is 50.6 Å². The van der Waals surface area contributed by atoms with Crippen molar-refractivity contribution < 1.29 is 9.53 Å². The van der Waals surface area contributed by atoms with Gasteiger partial charge in [-0.1, -0.05) is 30.3 Å². The summed E-state index contributed by atoms with van der Waals surface area (Å²) in [4.78, 5) is 18.2. The van der Waals surface area contributed by atoms with Crippen molar-refractivity contribution in [1.82, 2.24) is 19.6 Å². The first-order chi connectivity index (χ1) is 14.3. The van der Waals surface area contributed by atoms with Gasteiger partial charge in [0.05, 0.1) is 12.6 Å². The van der Waals surface area contributed by atoms with Gasteiger partial charge in [0.2, 0.25) is 5.91 Å².